The normalized spacial score (nSPS) is 11.6. The van der Waals surface area contributed by atoms with E-state index in [9.17, 15) is 9.59 Å². The first kappa shape index (κ1) is 23.6. The van der Waals surface area contributed by atoms with Gasteiger partial charge in [0.05, 0.1) is 5.69 Å². The molecule has 30 heavy (non-hydrogen) atoms. The molecule has 2 aromatic rings. The van der Waals surface area contributed by atoms with Crippen LogP contribution in [0.5, 0.6) is 0 Å². The van der Waals surface area contributed by atoms with Crippen LogP contribution in [-0.4, -0.2) is 39.1 Å². The Kier molecular flexibility index (Phi) is 7.82. The highest BCUT2D eigenvalue weighted by molar-refractivity contribution is 5.99. The second kappa shape index (κ2) is 9.92. The van der Waals surface area contributed by atoms with Gasteiger partial charge in [-0.15, -0.1) is 0 Å². The SMILES string of the molecule is CCCCc1ccc(C(=O)N(CC(=O)Nc2cc(C(C)(C)C)nn2C)C(C)C)cc1. The van der Waals surface area contributed by atoms with Crippen molar-refractivity contribution >= 4 is 17.6 Å². The molecule has 1 N–H and O–H groups in total. The monoisotopic (exact) mass is 412 g/mol. The highest BCUT2D eigenvalue weighted by Gasteiger charge is 2.23. The highest BCUT2D eigenvalue weighted by atomic mass is 16.2. The van der Waals surface area contributed by atoms with Gasteiger partial charge in [-0.3, -0.25) is 14.3 Å². The first-order chi connectivity index (χ1) is 14.0. The van der Waals surface area contributed by atoms with Gasteiger partial charge in [0, 0.05) is 30.1 Å². The summed E-state index contributed by atoms with van der Waals surface area (Å²) in [5.41, 5.74) is 2.63. The average molecular weight is 413 g/mol. The number of carbonyl (C=O) groups excluding carboxylic acids is 2. The minimum atomic E-state index is -0.236. The number of aromatic nitrogens is 2. The van der Waals surface area contributed by atoms with Crippen molar-refractivity contribution in [2.75, 3.05) is 11.9 Å². The summed E-state index contributed by atoms with van der Waals surface area (Å²) in [5.74, 6) is 0.254. The predicted molar refractivity (Wildman–Crippen MR) is 122 cm³/mol. The number of hydrogen-bond acceptors (Lipinski definition) is 3. The zero-order chi connectivity index (χ0) is 22.5. The van der Waals surface area contributed by atoms with Crippen LogP contribution in [0.15, 0.2) is 30.3 Å². The summed E-state index contributed by atoms with van der Waals surface area (Å²) in [6.07, 6.45) is 3.30. The summed E-state index contributed by atoms with van der Waals surface area (Å²) in [4.78, 5) is 27.3. The average Bonchev–Trinajstić information content (AvgIpc) is 3.05. The molecule has 0 saturated carbocycles. The predicted octanol–water partition coefficient (Wildman–Crippen LogP) is 4.55. The molecule has 0 aliphatic heterocycles. The molecule has 164 valence electrons. The lowest BCUT2D eigenvalue weighted by atomic mass is 9.92. The van der Waals surface area contributed by atoms with E-state index in [-0.39, 0.29) is 29.8 Å². The number of hydrogen-bond donors (Lipinski definition) is 1. The van der Waals surface area contributed by atoms with Crippen LogP contribution in [0.2, 0.25) is 0 Å². The first-order valence-corrected chi connectivity index (χ1v) is 10.8. The topological polar surface area (TPSA) is 67.2 Å². The number of aryl methyl sites for hydroxylation is 2. The minimum absolute atomic E-state index is 0.00980. The molecule has 0 aliphatic rings. The molecule has 1 aromatic heterocycles. The molecule has 2 amide bonds. The Bertz CT molecular complexity index is 860. The summed E-state index contributed by atoms with van der Waals surface area (Å²) < 4.78 is 1.66. The largest absolute Gasteiger partial charge is 0.327 e. The first-order valence-electron chi connectivity index (χ1n) is 10.8. The molecule has 0 saturated heterocycles. The van der Waals surface area contributed by atoms with Crippen molar-refractivity contribution in [3.8, 4) is 0 Å². The third-order valence-corrected chi connectivity index (χ3v) is 5.13. The van der Waals surface area contributed by atoms with Crippen molar-refractivity contribution in [3.63, 3.8) is 0 Å². The number of carbonyl (C=O) groups is 2. The van der Waals surface area contributed by atoms with Crippen LogP contribution in [0.4, 0.5) is 5.82 Å². The zero-order valence-corrected chi connectivity index (χ0v) is 19.5. The van der Waals surface area contributed by atoms with E-state index < -0.39 is 0 Å². The van der Waals surface area contributed by atoms with Crippen LogP contribution in [0.1, 0.15) is 76.0 Å². The summed E-state index contributed by atoms with van der Waals surface area (Å²) in [7, 11) is 1.80. The fourth-order valence-electron chi connectivity index (χ4n) is 3.14. The maximum absolute atomic E-state index is 13.0. The Morgan fingerprint density at radius 3 is 2.30 bits per heavy atom. The summed E-state index contributed by atoms with van der Waals surface area (Å²) in [6, 6.07) is 9.51. The summed E-state index contributed by atoms with van der Waals surface area (Å²) in [6.45, 7) is 12.2. The molecule has 2 rings (SSSR count). The molecule has 6 nitrogen and oxygen atoms in total. The van der Waals surface area contributed by atoms with E-state index in [0.717, 1.165) is 25.0 Å². The van der Waals surface area contributed by atoms with Crippen LogP contribution >= 0.6 is 0 Å². The van der Waals surface area contributed by atoms with Gasteiger partial charge in [0.2, 0.25) is 5.91 Å². The molecule has 6 heteroatoms. The quantitative estimate of drug-likeness (QED) is 0.692. The summed E-state index contributed by atoms with van der Waals surface area (Å²) >= 11 is 0. The van der Waals surface area contributed by atoms with Gasteiger partial charge in [0.15, 0.2) is 0 Å². The fourth-order valence-corrected chi connectivity index (χ4v) is 3.14. The number of nitrogens with zero attached hydrogens (tertiary/aromatic N) is 3. The molecule has 0 spiro atoms. The zero-order valence-electron chi connectivity index (χ0n) is 19.5. The van der Waals surface area contributed by atoms with E-state index in [4.69, 9.17) is 0 Å². The highest BCUT2D eigenvalue weighted by Crippen LogP contribution is 2.23. The maximum Gasteiger partial charge on any atom is 0.254 e. The lowest BCUT2D eigenvalue weighted by molar-refractivity contribution is -0.117. The Labute approximate surface area is 180 Å². The van der Waals surface area contributed by atoms with Gasteiger partial charge >= 0.3 is 0 Å². The van der Waals surface area contributed by atoms with Crippen LogP contribution in [0.25, 0.3) is 0 Å². The van der Waals surface area contributed by atoms with Gasteiger partial charge in [-0.05, 0) is 44.4 Å². The van der Waals surface area contributed by atoms with E-state index in [1.54, 1.807) is 16.6 Å². The van der Waals surface area contributed by atoms with Crippen LogP contribution in [-0.2, 0) is 23.7 Å². The van der Waals surface area contributed by atoms with E-state index >= 15 is 0 Å². The molecule has 1 heterocycles. The van der Waals surface area contributed by atoms with E-state index in [1.807, 2.05) is 44.2 Å². The molecule has 1 aromatic carbocycles. The van der Waals surface area contributed by atoms with Crippen LogP contribution in [0.3, 0.4) is 0 Å². The number of unbranched alkanes of at least 4 members (excludes halogenated alkanes) is 1. The smallest absolute Gasteiger partial charge is 0.254 e. The van der Waals surface area contributed by atoms with Crippen LogP contribution in [0, 0.1) is 0 Å². The number of anilines is 1. The van der Waals surface area contributed by atoms with Crippen LogP contribution < -0.4 is 5.32 Å². The van der Waals surface area contributed by atoms with Gasteiger partial charge < -0.3 is 10.2 Å². The Morgan fingerprint density at radius 2 is 1.80 bits per heavy atom. The number of rotatable bonds is 8. The van der Waals surface area contributed by atoms with Crippen molar-refractivity contribution < 1.29 is 9.59 Å². The number of amides is 2. The molecule has 0 radical (unpaired) electrons. The van der Waals surface area contributed by atoms with Gasteiger partial charge in [-0.25, -0.2) is 0 Å². The van der Waals surface area contributed by atoms with Gasteiger partial charge in [-0.2, -0.15) is 5.10 Å². The van der Waals surface area contributed by atoms with Crippen molar-refractivity contribution in [2.24, 2.45) is 7.05 Å². The van der Waals surface area contributed by atoms with Gasteiger partial charge in [-0.1, -0.05) is 46.2 Å². The number of nitrogens with one attached hydrogen (secondary N) is 1. The Balaban J connectivity index is 2.08. The summed E-state index contributed by atoms with van der Waals surface area (Å²) in [5, 5.41) is 7.38. The molecule has 0 unspecified atom stereocenters. The van der Waals surface area contributed by atoms with Crippen molar-refractivity contribution in [1.29, 1.82) is 0 Å². The van der Waals surface area contributed by atoms with E-state index in [2.05, 4.69) is 38.1 Å². The minimum Gasteiger partial charge on any atom is -0.327 e. The van der Waals surface area contributed by atoms with Gasteiger partial charge in [0.1, 0.15) is 12.4 Å². The third-order valence-electron chi connectivity index (χ3n) is 5.13. The maximum atomic E-state index is 13.0. The molecule has 0 bridgehead atoms. The number of benzene rings is 1. The van der Waals surface area contributed by atoms with E-state index in [0.29, 0.717) is 11.4 Å². The molecule has 0 atom stereocenters. The third kappa shape index (κ3) is 6.18. The Morgan fingerprint density at radius 1 is 1.17 bits per heavy atom. The van der Waals surface area contributed by atoms with Crippen molar-refractivity contribution in [3.05, 3.63) is 47.2 Å². The van der Waals surface area contributed by atoms with E-state index in [1.165, 1.54) is 5.56 Å². The molecular formula is C24H36N4O2. The van der Waals surface area contributed by atoms with Crippen molar-refractivity contribution in [1.82, 2.24) is 14.7 Å². The second-order valence-electron chi connectivity index (χ2n) is 9.16. The standard InChI is InChI=1S/C24H36N4O2/c1-8-9-10-18-11-13-19(14-12-18)23(30)28(17(2)3)16-22(29)25-21-15-20(24(4,5)6)26-27(21)7/h11-15,17H,8-10,16H2,1-7H3,(H,25,29). The lowest BCUT2D eigenvalue weighted by Gasteiger charge is -2.26. The molecule has 0 aliphatic carbocycles. The fraction of sp³-hybridized carbons (Fsp3) is 0.542. The Hall–Kier alpha value is -2.63. The molecular weight excluding hydrogens is 376 g/mol. The second-order valence-corrected chi connectivity index (χ2v) is 9.16. The van der Waals surface area contributed by atoms with Gasteiger partial charge in [0.25, 0.3) is 5.91 Å². The lowest BCUT2D eigenvalue weighted by Crippen LogP contribution is -2.42. The van der Waals surface area contributed by atoms with Crippen molar-refractivity contribution in [2.45, 2.75) is 72.3 Å². The molecule has 0 fully saturated rings.